The molecule has 0 bridgehead atoms. The van der Waals surface area contributed by atoms with E-state index in [4.69, 9.17) is 4.74 Å². The largest absolute Gasteiger partial charge is 0.508 e. The van der Waals surface area contributed by atoms with E-state index in [0.29, 0.717) is 16.7 Å². The number of rotatable bonds is 3. The molecular weight excluding hydrogens is 274 g/mol. The van der Waals surface area contributed by atoms with Crippen LogP contribution < -0.4 is 4.74 Å². The minimum absolute atomic E-state index is 0.0526. The Hall–Kier alpha value is -3.22. The second-order valence-corrected chi connectivity index (χ2v) is 4.24. The summed E-state index contributed by atoms with van der Waals surface area (Å²) in [5.41, 5.74) is 0.462. The van der Waals surface area contributed by atoms with Crippen LogP contribution in [0.15, 0.2) is 48.8 Å². The van der Waals surface area contributed by atoms with E-state index in [1.54, 1.807) is 12.1 Å². The molecule has 0 atom stereocenters. The van der Waals surface area contributed by atoms with Crippen LogP contribution in [0.3, 0.4) is 0 Å². The molecule has 0 amide bonds. The van der Waals surface area contributed by atoms with Crippen LogP contribution in [0, 0.1) is 10.1 Å². The van der Waals surface area contributed by atoms with Gasteiger partial charge in [0.15, 0.2) is 0 Å². The topological polar surface area (TPSA) is 98.4 Å². The van der Waals surface area contributed by atoms with Crippen LogP contribution >= 0.6 is 0 Å². The molecule has 1 N–H and O–H groups in total. The van der Waals surface area contributed by atoms with E-state index in [1.807, 2.05) is 0 Å². The first-order valence-corrected chi connectivity index (χ1v) is 5.99. The number of aromatic hydroxyl groups is 1. The van der Waals surface area contributed by atoms with E-state index in [-0.39, 0.29) is 17.3 Å². The standard InChI is InChI=1S/C14H9N3O4/c18-10-2-1-3-11(7-10)21-14-12-6-9(17(19)20)4-5-13(12)15-8-16-14/h1-8,18H. The maximum Gasteiger partial charge on any atom is 0.270 e. The second-order valence-electron chi connectivity index (χ2n) is 4.24. The monoisotopic (exact) mass is 283 g/mol. The van der Waals surface area contributed by atoms with E-state index in [1.165, 1.54) is 36.7 Å². The van der Waals surface area contributed by atoms with Gasteiger partial charge in [-0.1, -0.05) is 6.07 Å². The van der Waals surface area contributed by atoms with Gasteiger partial charge in [-0.15, -0.1) is 0 Å². The Kier molecular flexibility index (Phi) is 3.07. The van der Waals surface area contributed by atoms with Gasteiger partial charge in [0.05, 0.1) is 15.8 Å². The summed E-state index contributed by atoms with van der Waals surface area (Å²) in [5.74, 6) is 0.618. The Morgan fingerprint density at radius 2 is 2.00 bits per heavy atom. The first kappa shape index (κ1) is 12.8. The Morgan fingerprint density at radius 1 is 1.14 bits per heavy atom. The second kappa shape index (κ2) is 5.04. The fraction of sp³-hybridized carbons (Fsp3) is 0. The van der Waals surface area contributed by atoms with Crippen LogP contribution in [0.25, 0.3) is 10.9 Å². The summed E-state index contributed by atoms with van der Waals surface area (Å²) < 4.78 is 5.57. The van der Waals surface area contributed by atoms with Gasteiger partial charge >= 0.3 is 0 Å². The highest BCUT2D eigenvalue weighted by atomic mass is 16.6. The fourth-order valence-electron chi connectivity index (χ4n) is 1.87. The number of nitro benzene ring substituents is 1. The maximum atomic E-state index is 10.8. The average molecular weight is 283 g/mol. The Morgan fingerprint density at radius 3 is 2.76 bits per heavy atom. The SMILES string of the molecule is O=[N+]([O-])c1ccc2ncnc(Oc3cccc(O)c3)c2c1. The van der Waals surface area contributed by atoms with Crippen LogP contribution in [-0.4, -0.2) is 20.0 Å². The van der Waals surface area contributed by atoms with Gasteiger partial charge in [0.2, 0.25) is 5.88 Å². The summed E-state index contributed by atoms with van der Waals surface area (Å²) in [6.07, 6.45) is 1.31. The van der Waals surface area contributed by atoms with Gasteiger partial charge in [-0.2, -0.15) is 0 Å². The van der Waals surface area contributed by atoms with Gasteiger partial charge in [0.1, 0.15) is 17.8 Å². The summed E-state index contributed by atoms with van der Waals surface area (Å²) in [6, 6.07) is 10.5. The Bertz CT molecular complexity index is 835. The van der Waals surface area contributed by atoms with E-state index in [9.17, 15) is 15.2 Å². The van der Waals surface area contributed by atoms with Crippen LogP contribution in [0.1, 0.15) is 0 Å². The predicted molar refractivity (Wildman–Crippen MR) is 74.4 cm³/mol. The quantitative estimate of drug-likeness (QED) is 0.586. The van der Waals surface area contributed by atoms with Gasteiger partial charge in [-0.3, -0.25) is 10.1 Å². The lowest BCUT2D eigenvalue weighted by Crippen LogP contribution is -1.93. The average Bonchev–Trinajstić information content (AvgIpc) is 2.47. The van der Waals surface area contributed by atoms with Crippen LogP contribution in [0.5, 0.6) is 17.4 Å². The molecule has 0 aliphatic carbocycles. The molecule has 0 radical (unpaired) electrons. The number of aromatic nitrogens is 2. The fourth-order valence-corrected chi connectivity index (χ4v) is 1.87. The van der Waals surface area contributed by atoms with Crippen LogP contribution in [-0.2, 0) is 0 Å². The molecule has 0 saturated carbocycles. The molecule has 0 aliphatic heterocycles. The van der Waals surface area contributed by atoms with Gasteiger partial charge < -0.3 is 9.84 Å². The highest BCUT2D eigenvalue weighted by Gasteiger charge is 2.12. The Labute approximate surface area is 118 Å². The summed E-state index contributed by atoms with van der Waals surface area (Å²) >= 11 is 0. The number of ether oxygens (including phenoxy) is 1. The number of hydrogen-bond acceptors (Lipinski definition) is 6. The normalized spacial score (nSPS) is 10.5. The zero-order valence-electron chi connectivity index (χ0n) is 10.6. The molecule has 0 aliphatic rings. The lowest BCUT2D eigenvalue weighted by molar-refractivity contribution is -0.384. The summed E-state index contributed by atoms with van der Waals surface area (Å²) in [6.45, 7) is 0. The zero-order valence-corrected chi connectivity index (χ0v) is 10.6. The molecule has 0 spiro atoms. The van der Waals surface area contributed by atoms with Gasteiger partial charge in [0, 0.05) is 18.2 Å². The lowest BCUT2D eigenvalue weighted by atomic mass is 10.2. The van der Waals surface area contributed by atoms with Crippen molar-refractivity contribution in [2.75, 3.05) is 0 Å². The van der Waals surface area contributed by atoms with Crippen molar-refractivity contribution in [3.8, 4) is 17.4 Å². The molecule has 2 aromatic carbocycles. The van der Waals surface area contributed by atoms with Crippen molar-refractivity contribution in [1.29, 1.82) is 0 Å². The first-order chi connectivity index (χ1) is 10.1. The van der Waals surface area contributed by atoms with Crippen molar-refractivity contribution in [1.82, 2.24) is 9.97 Å². The third-order valence-corrected chi connectivity index (χ3v) is 2.83. The highest BCUT2D eigenvalue weighted by Crippen LogP contribution is 2.30. The molecule has 21 heavy (non-hydrogen) atoms. The van der Waals surface area contributed by atoms with Crippen molar-refractivity contribution in [2.24, 2.45) is 0 Å². The Balaban J connectivity index is 2.09. The van der Waals surface area contributed by atoms with Crippen molar-refractivity contribution < 1.29 is 14.8 Å². The number of phenols is 1. The van der Waals surface area contributed by atoms with Crippen molar-refractivity contribution in [2.45, 2.75) is 0 Å². The first-order valence-electron chi connectivity index (χ1n) is 5.99. The summed E-state index contributed by atoms with van der Waals surface area (Å²) in [5, 5.41) is 20.7. The molecule has 3 rings (SSSR count). The van der Waals surface area contributed by atoms with Crippen molar-refractivity contribution >= 4 is 16.6 Å². The molecule has 1 aromatic heterocycles. The van der Waals surface area contributed by atoms with E-state index in [2.05, 4.69) is 9.97 Å². The molecular formula is C14H9N3O4. The minimum Gasteiger partial charge on any atom is -0.508 e. The molecule has 3 aromatic rings. The number of non-ortho nitro benzene ring substituents is 1. The van der Waals surface area contributed by atoms with Gasteiger partial charge in [-0.05, 0) is 18.2 Å². The number of phenolic OH excluding ortho intramolecular Hbond substituents is 1. The summed E-state index contributed by atoms with van der Waals surface area (Å²) in [4.78, 5) is 18.4. The number of fused-ring (bicyclic) bond motifs is 1. The van der Waals surface area contributed by atoms with E-state index in [0.717, 1.165) is 0 Å². The maximum absolute atomic E-state index is 10.8. The van der Waals surface area contributed by atoms with Gasteiger partial charge in [0.25, 0.3) is 5.69 Å². The molecule has 7 nitrogen and oxygen atoms in total. The third kappa shape index (κ3) is 2.57. The third-order valence-electron chi connectivity index (χ3n) is 2.83. The number of benzene rings is 2. The molecule has 0 saturated heterocycles. The number of hydrogen-bond donors (Lipinski definition) is 1. The van der Waals surface area contributed by atoms with E-state index >= 15 is 0 Å². The van der Waals surface area contributed by atoms with Crippen molar-refractivity contribution in [3.05, 3.63) is 58.9 Å². The number of nitrogens with zero attached hydrogens (tertiary/aromatic N) is 3. The van der Waals surface area contributed by atoms with Crippen molar-refractivity contribution in [3.63, 3.8) is 0 Å². The van der Waals surface area contributed by atoms with Crippen LogP contribution in [0.2, 0.25) is 0 Å². The lowest BCUT2D eigenvalue weighted by Gasteiger charge is -2.07. The molecule has 0 unspecified atom stereocenters. The highest BCUT2D eigenvalue weighted by molar-refractivity contribution is 5.85. The molecule has 0 fully saturated rings. The predicted octanol–water partition coefficient (Wildman–Crippen LogP) is 3.04. The molecule has 104 valence electrons. The zero-order chi connectivity index (χ0) is 14.8. The number of nitro groups is 1. The summed E-state index contributed by atoms with van der Waals surface area (Å²) in [7, 11) is 0. The van der Waals surface area contributed by atoms with Gasteiger partial charge in [-0.25, -0.2) is 9.97 Å². The van der Waals surface area contributed by atoms with Crippen LogP contribution in [0.4, 0.5) is 5.69 Å². The van der Waals surface area contributed by atoms with E-state index < -0.39 is 4.92 Å². The molecule has 1 heterocycles. The molecule has 7 heteroatoms. The smallest absolute Gasteiger partial charge is 0.270 e. The minimum atomic E-state index is -0.495.